The molecule has 0 aliphatic carbocycles. The number of nitrogens with one attached hydrogen (secondary N) is 2. The molecule has 4 aromatic rings. The molecule has 0 bridgehead atoms. The summed E-state index contributed by atoms with van der Waals surface area (Å²) in [7, 11) is 0. The second-order valence-electron chi connectivity index (χ2n) is 7.65. The van der Waals surface area contributed by atoms with Crippen molar-refractivity contribution in [2.75, 3.05) is 36.5 Å². The number of hydrogen-bond acceptors (Lipinski definition) is 8. The van der Waals surface area contributed by atoms with Gasteiger partial charge in [0.25, 0.3) is 0 Å². The number of aromatic amines is 1. The summed E-state index contributed by atoms with van der Waals surface area (Å²) in [5.41, 5.74) is 1.59. The predicted octanol–water partition coefficient (Wildman–Crippen LogP) is 4.44. The molecule has 10 nitrogen and oxygen atoms in total. The van der Waals surface area contributed by atoms with Crippen LogP contribution in [0.25, 0.3) is 10.9 Å². The Morgan fingerprint density at radius 1 is 1.18 bits per heavy atom. The SMILES string of the molecule is O=C(c1cccc(Br)c1)c1[nH]c2ccccc2c1Nc1nc(N2CCOCC2)ncc1[N+](=O)[O-]. The lowest BCUT2D eigenvalue weighted by Crippen LogP contribution is -2.37. The minimum atomic E-state index is -0.546. The van der Waals surface area contributed by atoms with Crippen molar-refractivity contribution in [2.45, 2.75) is 0 Å². The molecule has 0 atom stereocenters. The van der Waals surface area contributed by atoms with Gasteiger partial charge in [-0.1, -0.05) is 46.3 Å². The molecule has 2 N–H and O–H groups in total. The quantitative estimate of drug-likeness (QED) is 0.216. The fourth-order valence-corrected chi connectivity index (χ4v) is 4.24. The van der Waals surface area contributed by atoms with E-state index in [1.807, 2.05) is 35.2 Å². The van der Waals surface area contributed by atoms with E-state index in [0.29, 0.717) is 54.4 Å². The number of H-pyrrole nitrogens is 1. The van der Waals surface area contributed by atoms with E-state index in [-0.39, 0.29) is 23.0 Å². The Bertz CT molecular complexity index is 1400. The van der Waals surface area contributed by atoms with Crippen LogP contribution in [0.2, 0.25) is 0 Å². The fourth-order valence-electron chi connectivity index (χ4n) is 3.84. The first-order chi connectivity index (χ1) is 16.5. The molecular formula is C23H19BrN6O4. The summed E-state index contributed by atoms with van der Waals surface area (Å²) in [6.07, 6.45) is 1.19. The van der Waals surface area contributed by atoms with Crippen LogP contribution in [0.1, 0.15) is 16.1 Å². The zero-order valence-corrected chi connectivity index (χ0v) is 19.4. The molecule has 172 valence electrons. The summed E-state index contributed by atoms with van der Waals surface area (Å²) in [4.78, 5) is 38.4. The maximum Gasteiger partial charge on any atom is 0.329 e. The van der Waals surface area contributed by atoms with Crippen LogP contribution in [-0.2, 0) is 4.74 Å². The van der Waals surface area contributed by atoms with Crippen molar-refractivity contribution < 1.29 is 14.5 Å². The Morgan fingerprint density at radius 3 is 2.74 bits per heavy atom. The van der Waals surface area contributed by atoms with Crippen molar-refractivity contribution in [1.29, 1.82) is 0 Å². The average molecular weight is 523 g/mol. The number of nitrogens with zero attached hydrogens (tertiary/aromatic N) is 4. The highest BCUT2D eigenvalue weighted by Crippen LogP contribution is 2.35. The number of benzene rings is 2. The minimum absolute atomic E-state index is 0.00883. The van der Waals surface area contributed by atoms with Gasteiger partial charge in [-0.25, -0.2) is 4.98 Å². The molecule has 0 radical (unpaired) electrons. The second kappa shape index (κ2) is 9.20. The zero-order valence-electron chi connectivity index (χ0n) is 17.8. The lowest BCUT2D eigenvalue weighted by atomic mass is 10.1. The first kappa shape index (κ1) is 22.0. The van der Waals surface area contributed by atoms with Crippen molar-refractivity contribution in [3.63, 3.8) is 0 Å². The topological polar surface area (TPSA) is 126 Å². The Balaban J connectivity index is 1.61. The Hall–Kier alpha value is -3.83. The Labute approximate surface area is 202 Å². The Kier molecular flexibility index (Phi) is 5.95. The monoisotopic (exact) mass is 522 g/mol. The molecule has 1 fully saturated rings. The lowest BCUT2D eigenvalue weighted by Gasteiger charge is -2.26. The van der Waals surface area contributed by atoms with Gasteiger partial charge in [-0.15, -0.1) is 0 Å². The molecule has 2 aromatic heterocycles. The second-order valence-corrected chi connectivity index (χ2v) is 8.56. The summed E-state index contributed by atoms with van der Waals surface area (Å²) >= 11 is 3.40. The number of hydrogen-bond donors (Lipinski definition) is 2. The van der Waals surface area contributed by atoms with Gasteiger partial charge in [-0.3, -0.25) is 14.9 Å². The number of carbonyl (C=O) groups is 1. The van der Waals surface area contributed by atoms with Gasteiger partial charge in [0.1, 0.15) is 11.9 Å². The molecule has 0 unspecified atom stereocenters. The molecule has 5 rings (SSSR count). The third-order valence-electron chi connectivity index (χ3n) is 5.51. The highest BCUT2D eigenvalue weighted by Gasteiger charge is 2.25. The van der Waals surface area contributed by atoms with Gasteiger partial charge in [0.2, 0.25) is 17.5 Å². The first-order valence-corrected chi connectivity index (χ1v) is 11.3. The number of halogens is 1. The molecule has 0 amide bonds. The van der Waals surface area contributed by atoms with Gasteiger partial charge in [0, 0.05) is 34.0 Å². The van der Waals surface area contributed by atoms with E-state index in [1.165, 1.54) is 6.20 Å². The van der Waals surface area contributed by atoms with Crippen LogP contribution in [0.5, 0.6) is 0 Å². The summed E-state index contributed by atoms with van der Waals surface area (Å²) < 4.78 is 6.14. The number of fused-ring (bicyclic) bond motifs is 1. The number of ketones is 1. The highest BCUT2D eigenvalue weighted by atomic mass is 79.9. The number of anilines is 3. The zero-order chi connectivity index (χ0) is 23.7. The molecule has 1 aliphatic heterocycles. The minimum Gasteiger partial charge on any atom is -0.378 e. The molecule has 1 saturated heterocycles. The molecule has 0 saturated carbocycles. The van der Waals surface area contributed by atoms with E-state index in [1.54, 1.807) is 18.2 Å². The van der Waals surface area contributed by atoms with Gasteiger partial charge < -0.3 is 19.9 Å². The largest absolute Gasteiger partial charge is 0.378 e. The van der Waals surface area contributed by atoms with E-state index >= 15 is 0 Å². The summed E-state index contributed by atoms with van der Waals surface area (Å²) in [5.74, 6) is 0.107. The molecule has 1 aliphatic rings. The third kappa shape index (κ3) is 4.22. The molecule has 2 aromatic carbocycles. The number of nitro groups is 1. The highest BCUT2D eigenvalue weighted by molar-refractivity contribution is 9.10. The molecule has 34 heavy (non-hydrogen) atoms. The average Bonchev–Trinajstić information content (AvgIpc) is 3.22. The number of rotatable bonds is 6. The standard InChI is InChI=1S/C23H19BrN6O4/c24-15-5-3-4-14(12-15)21(31)20-19(16-6-1-2-7-17(16)26-20)27-22-18(30(32)33)13-25-23(28-22)29-8-10-34-11-9-29/h1-7,12-13,26H,8-11H2,(H,25,27,28). The van der Waals surface area contributed by atoms with E-state index in [9.17, 15) is 14.9 Å². The predicted molar refractivity (Wildman–Crippen MR) is 131 cm³/mol. The van der Waals surface area contributed by atoms with Crippen LogP contribution in [0.4, 0.5) is 23.1 Å². The summed E-state index contributed by atoms with van der Waals surface area (Å²) in [6, 6.07) is 14.4. The van der Waals surface area contributed by atoms with Crippen LogP contribution < -0.4 is 10.2 Å². The number of para-hydroxylation sites is 1. The molecule has 3 heterocycles. The van der Waals surface area contributed by atoms with Gasteiger partial charge in [0.15, 0.2) is 0 Å². The lowest BCUT2D eigenvalue weighted by molar-refractivity contribution is -0.384. The van der Waals surface area contributed by atoms with Gasteiger partial charge >= 0.3 is 5.69 Å². The van der Waals surface area contributed by atoms with Crippen molar-refractivity contribution in [3.8, 4) is 0 Å². The Morgan fingerprint density at radius 2 is 1.97 bits per heavy atom. The fraction of sp³-hybridized carbons (Fsp3) is 0.174. The summed E-state index contributed by atoms with van der Waals surface area (Å²) in [6.45, 7) is 2.21. The third-order valence-corrected chi connectivity index (χ3v) is 6.00. The van der Waals surface area contributed by atoms with E-state index in [2.05, 4.69) is 36.2 Å². The van der Waals surface area contributed by atoms with Crippen LogP contribution in [0.3, 0.4) is 0 Å². The number of ether oxygens (including phenoxy) is 1. The van der Waals surface area contributed by atoms with Crippen molar-refractivity contribution in [2.24, 2.45) is 0 Å². The number of aromatic nitrogens is 3. The summed E-state index contributed by atoms with van der Waals surface area (Å²) in [5, 5.41) is 15.5. The number of carbonyl (C=O) groups excluding carboxylic acids is 1. The maximum absolute atomic E-state index is 13.4. The van der Waals surface area contributed by atoms with Crippen LogP contribution in [0, 0.1) is 10.1 Å². The smallest absolute Gasteiger partial charge is 0.329 e. The van der Waals surface area contributed by atoms with Gasteiger partial charge in [-0.2, -0.15) is 4.98 Å². The molecular weight excluding hydrogens is 504 g/mol. The first-order valence-electron chi connectivity index (χ1n) is 10.5. The molecule has 11 heteroatoms. The molecule has 0 spiro atoms. The van der Waals surface area contributed by atoms with E-state index in [0.717, 1.165) is 4.47 Å². The van der Waals surface area contributed by atoms with Crippen LogP contribution in [-0.4, -0.2) is 52.0 Å². The van der Waals surface area contributed by atoms with Crippen molar-refractivity contribution in [1.82, 2.24) is 15.0 Å². The normalized spacial score (nSPS) is 13.7. The van der Waals surface area contributed by atoms with Crippen molar-refractivity contribution >= 4 is 55.8 Å². The van der Waals surface area contributed by atoms with E-state index < -0.39 is 4.92 Å². The van der Waals surface area contributed by atoms with E-state index in [4.69, 9.17) is 4.74 Å². The maximum atomic E-state index is 13.4. The van der Waals surface area contributed by atoms with Crippen LogP contribution >= 0.6 is 15.9 Å². The van der Waals surface area contributed by atoms with Gasteiger partial charge in [-0.05, 0) is 18.2 Å². The van der Waals surface area contributed by atoms with Crippen molar-refractivity contribution in [3.05, 3.63) is 80.6 Å². The van der Waals surface area contributed by atoms with Gasteiger partial charge in [0.05, 0.1) is 23.8 Å². The van der Waals surface area contributed by atoms with Crippen LogP contribution in [0.15, 0.2) is 59.2 Å². The number of morpholine rings is 1.